The molecule has 0 bridgehead atoms. The van der Waals surface area contributed by atoms with Crippen LogP contribution in [0.5, 0.6) is 5.75 Å². The molecule has 1 aromatic carbocycles. The van der Waals surface area contributed by atoms with E-state index in [4.69, 9.17) is 11.6 Å². The summed E-state index contributed by atoms with van der Waals surface area (Å²) in [5.74, 6) is 4.95. The number of halogens is 3. The molecule has 0 fully saturated rings. The molecule has 0 atom stereocenters. The summed E-state index contributed by atoms with van der Waals surface area (Å²) in [5.41, 5.74) is 7.84. The Morgan fingerprint density at radius 1 is 1.05 bits per heavy atom. The number of carbonyl (C=O) groups is 2. The number of hydrazine groups is 1. The minimum atomic E-state index is -4.80. The quantitative estimate of drug-likeness (QED) is 0.113. The molecule has 11 nitrogen and oxygen atoms in total. The van der Waals surface area contributed by atoms with Gasteiger partial charge in [0.1, 0.15) is 11.4 Å². The van der Waals surface area contributed by atoms with Gasteiger partial charge in [-0.3, -0.25) is 14.6 Å². The van der Waals surface area contributed by atoms with E-state index in [1.54, 1.807) is 30.3 Å². The molecule has 0 aliphatic rings. The van der Waals surface area contributed by atoms with Gasteiger partial charge in [0.15, 0.2) is 5.82 Å². The fourth-order valence-corrected chi connectivity index (χ4v) is 3.59. The molecular formula is C26H29F3N8O3. The van der Waals surface area contributed by atoms with Gasteiger partial charge in [-0.15, -0.1) is 18.3 Å². The number of rotatable bonds is 12. The summed E-state index contributed by atoms with van der Waals surface area (Å²) in [6.07, 6.45) is 0.0826. The molecule has 0 spiro atoms. The Hall–Kier alpha value is -4.72. The van der Waals surface area contributed by atoms with Gasteiger partial charge in [-0.1, -0.05) is 12.1 Å². The van der Waals surface area contributed by atoms with Gasteiger partial charge in [0.2, 0.25) is 5.91 Å². The number of hydrogen-bond acceptors (Lipinski definition) is 9. The Morgan fingerprint density at radius 3 is 2.52 bits per heavy atom. The third-order valence-corrected chi connectivity index (χ3v) is 5.44. The van der Waals surface area contributed by atoms with E-state index in [-0.39, 0.29) is 29.6 Å². The number of nitrogens with zero attached hydrogens (tertiary/aromatic N) is 4. The van der Waals surface area contributed by atoms with E-state index in [0.29, 0.717) is 29.8 Å². The monoisotopic (exact) mass is 558 g/mol. The van der Waals surface area contributed by atoms with E-state index in [0.717, 1.165) is 18.5 Å². The second-order valence-corrected chi connectivity index (χ2v) is 8.60. The van der Waals surface area contributed by atoms with Crippen molar-refractivity contribution in [3.8, 4) is 16.9 Å². The summed E-state index contributed by atoms with van der Waals surface area (Å²) in [7, 11) is 1.48. The first-order chi connectivity index (χ1) is 19.0. The minimum Gasteiger partial charge on any atom is -0.406 e. The number of amides is 2. The second kappa shape index (κ2) is 13.9. The lowest BCUT2D eigenvalue weighted by molar-refractivity contribution is -0.274. The molecule has 2 heterocycles. The molecular weight excluding hydrogens is 529 g/mol. The number of nitrogens with two attached hydrogens (primary N) is 2. The summed E-state index contributed by atoms with van der Waals surface area (Å²) < 4.78 is 41.6. The van der Waals surface area contributed by atoms with Crippen molar-refractivity contribution in [2.75, 3.05) is 18.9 Å². The van der Waals surface area contributed by atoms with Crippen molar-refractivity contribution in [3.05, 3.63) is 78.0 Å². The smallest absolute Gasteiger partial charge is 0.406 e. The summed E-state index contributed by atoms with van der Waals surface area (Å²) in [5, 5.41) is 14.6. The largest absolute Gasteiger partial charge is 0.573 e. The third kappa shape index (κ3) is 9.87. The molecule has 0 saturated heterocycles. The van der Waals surface area contributed by atoms with E-state index < -0.39 is 12.3 Å². The van der Waals surface area contributed by atoms with E-state index in [1.807, 2.05) is 0 Å². The number of aryl methyl sites for hydroxylation is 1. The normalized spacial score (nSPS) is 11.6. The zero-order valence-electron chi connectivity index (χ0n) is 21.6. The van der Waals surface area contributed by atoms with Crippen molar-refractivity contribution < 1.29 is 27.5 Å². The predicted molar refractivity (Wildman–Crippen MR) is 141 cm³/mol. The van der Waals surface area contributed by atoms with E-state index >= 15 is 0 Å². The average Bonchev–Trinajstić information content (AvgIpc) is 2.90. The molecule has 40 heavy (non-hydrogen) atoms. The van der Waals surface area contributed by atoms with Gasteiger partial charge in [-0.2, -0.15) is 5.10 Å². The van der Waals surface area contributed by atoms with Gasteiger partial charge in [-0.25, -0.2) is 5.84 Å². The van der Waals surface area contributed by atoms with Crippen molar-refractivity contribution in [2.24, 2.45) is 11.6 Å². The van der Waals surface area contributed by atoms with Crippen molar-refractivity contribution in [1.29, 1.82) is 0 Å². The zero-order valence-corrected chi connectivity index (χ0v) is 21.6. The van der Waals surface area contributed by atoms with Crippen LogP contribution in [0.2, 0.25) is 0 Å². The number of pyridine rings is 1. The van der Waals surface area contributed by atoms with Crippen LogP contribution in [-0.2, 0) is 22.4 Å². The number of benzene rings is 1. The number of unbranched alkanes of at least 4 members (excludes halogenated alkanes) is 1. The van der Waals surface area contributed by atoms with Crippen LogP contribution in [-0.4, -0.2) is 52.0 Å². The highest BCUT2D eigenvalue weighted by Crippen LogP contribution is 2.28. The Kier molecular flexibility index (Phi) is 10.4. The molecule has 0 radical (unpaired) electrons. The lowest BCUT2D eigenvalue weighted by Gasteiger charge is -2.14. The number of likely N-dealkylation sites (N-methyl/N-ethyl adjacent to an activating group) is 1. The fraction of sp³-hybridized carbons (Fsp3) is 0.269. The molecule has 212 valence electrons. The highest BCUT2D eigenvalue weighted by molar-refractivity contribution is 5.92. The van der Waals surface area contributed by atoms with Crippen molar-refractivity contribution in [2.45, 2.75) is 32.0 Å². The number of alkyl halides is 3. The molecule has 2 amide bonds. The standard InChI is InChI=1S/C26H29F3N8O3/c1-32-25(39)22(30)16-37(31)12-3-2-6-19-8-9-23(36-35-19)34-24(38)15-20-13-18(10-11-33-20)17-5-4-7-21(14-17)40-26(27,28)29/h4-5,7-11,13-14,16H,2-3,6,12,15,30-31H2,1H3,(H,32,39)(H,34,36,38)/b22-16-. The van der Waals surface area contributed by atoms with Crippen molar-refractivity contribution in [1.82, 2.24) is 25.5 Å². The third-order valence-electron chi connectivity index (χ3n) is 5.44. The molecule has 6 N–H and O–H groups in total. The highest BCUT2D eigenvalue weighted by Gasteiger charge is 2.31. The lowest BCUT2D eigenvalue weighted by atomic mass is 10.1. The molecule has 0 aliphatic carbocycles. The maximum absolute atomic E-state index is 12.5. The molecule has 14 heteroatoms. The topological polar surface area (TPSA) is 161 Å². The van der Waals surface area contributed by atoms with Gasteiger partial charge in [0.05, 0.1) is 17.8 Å². The minimum absolute atomic E-state index is 0.0155. The number of carbonyl (C=O) groups excluding carboxylic acids is 2. The Morgan fingerprint density at radius 2 is 1.82 bits per heavy atom. The summed E-state index contributed by atoms with van der Waals surface area (Å²) in [4.78, 5) is 28.1. The maximum atomic E-state index is 12.5. The van der Waals surface area contributed by atoms with Crippen molar-refractivity contribution >= 4 is 17.6 Å². The van der Waals surface area contributed by atoms with Crippen LogP contribution in [0.3, 0.4) is 0 Å². The first-order valence-electron chi connectivity index (χ1n) is 12.2. The summed E-state index contributed by atoms with van der Waals surface area (Å²) in [6.45, 7) is 0.487. The number of nitrogens with one attached hydrogen (secondary N) is 2. The number of aromatic nitrogens is 3. The van der Waals surface area contributed by atoms with Gasteiger partial charge in [0, 0.05) is 26.0 Å². The van der Waals surface area contributed by atoms with Crippen LogP contribution in [0.15, 0.2) is 66.6 Å². The van der Waals surface area contributed by atoms with Crippen molar-refractivity contribution in [3.63, 3.8) is 0 Å². The first-order valence-corrected chi connectivity index (χ1v) is 12.2. The summed E-state index contributed by atoms with van der Waals surface area (Å²) in [6, 6.07) is 12.2. The molecule has 0 unspecified atom stereocenters. The van der Waals surface area contributed by atoms with E-state index in [1.165, 1.54) is 42.7 Å². The Balaban J connectivity index is 1.48. The van der Waals surface area contributed by atoms with Crippen LogP contribution >= 0.6 is 0 Å². The zero-order chi connectivity index (χ0) is 29.1. The number of hydrogen-bond donors (Lipinski definition) is 4. The fourth-order valence-electron chi connectivity index (χ4n) is 3.59. The van der Waals surface area contributed by atoms with E-state index in [9.17, 15) is 22.8 Å². The number of anilines is 1. The molecule has 0 aliphatic heterocycles. The van der Waals surface area contributed by atoms with Crippen LogP contribution in [0, 0.1) is 0 Å². The van der Waals surface area contributed by atoms with Gasteiger partial charge >= 0.3 is 6.36 Å². The molecule has 0 saturated carbocycles. The number of ether oxygens (including phenoxy) is 1. The van der Waals surface area contributed by atoms with Crippen LogP contribution in [0.1, 0.15) is 24.2 Å². The van der Waals surface area contributed by atoms with Gasteiger partial charge in [-0.05, 0) is 66.8 Å². The van der Waals surface area contributed by atoms with Gasteiger partial charge < -0.3 is 26.1 Å². The van der Waals surface area contributed by atoms with E-state index in [2.05, 4.69) is 30.6 Å². The van der Waals surface area contributed by atoms with Gasteiger partial charge in [0.25, 0.3) is 5.91 Å². The average molecular weight is 559 g/mol. The predicted octanol–water partition coefficient (Wildman–Crippen LogP) is 2.66. The first kappa shape index (κ1) is 29.8. The van der Waals surface area contributed by atoms with Crippen LogP contribution in [0.25, 0.3) is 11.1 Å². The van der Waals surface area contributed by atoms with Crippen LogP contribution < -0.4 is 26.9 Å². The molecule has 3 aromatic rings. The highest BCUT2D eigenvalue weighted by atomic mass is 19.4. The SMILES string of the molecule is CNC(=O)/C(N)=C/N(N)CCCCc1ccc(NC(=O)Cc2cc(-c3cccc(OC(F)(F)F)c3)ccn2)nn1. The second-order valence-electron chi connectivity index (χ2n) is 8.60. The van der Waals surface area contributed by atoms with Crippen LogP contribution in [0.4, 0.5) is 19.0 Å². The Bertz CT molecular complexity index is 1330. The molecule has 3 rings (SSSR count). The molecule has 2 aromatic heterocycles. The Labute approximate surface area is 228 Å². The lowest BCUT2D eigenvalue weighted by Crippen LogP contribution is -2.32. The summed E-state index contributed by atoms with van der Waals surface area (Å²) >= 11 is 0. The maximum Gasteiger partial charge on any atom is 0.573 e.